The van der Waals surface area contributed by atoms with Crippen LogP contribution in [0.4, 0.5) is 0 Å². The third-order valence-corrected chi connectivity index (χ3v) is 8.81. The summed E-state index contributed by atoms with van der Waals surface area (Å²) in [6, 6.07) is 57.8. The van der Waals surface area contributed by atoms with E-state index in [4.69, 9.17) is 10.1 Å². The van der Waals surface area contributed by atoms with E-state index >= 15 is 0 Å². The summed E-state index contributed by atoms with van der Waals surface area (Å²) in [5.41, 5.74) is 8.99. The predicted molar refractivity (Wildman–Crippen MR) is 187 cm³/mol. The van der Waals surface area contributed by atoms with Gasteiger partial charge in [0.2, 0.25) is 0 Å². The molecule has 3 nitrogen and oxygen atoms in total. The van der Waals surface area contributed by atoms with Crippen LogP contribution in [0.25, 0.3) is 82.9 Å². The molecule has 0 atom stereocenters. The van der Waals surface area contributed by atoms with Crippen molar-refractivity contribution in [3.8, 4) is 44.9 Å². The average molecular weight is 574 g/mol. The summed E-state index contributed by atoms with van der Waals surface area (Å²) < 4.78 is 2.03. The molecule has 0 saturated carbocycles. The Bertz CT molecular complexity index is 2480. The molecular formula is C42H27N3. The van der Waals surface area contributed by atoms with Crippen LogP contribution in [0.2, 0.25) is 0 Å². The molecule has 0 unspecified atom stereocenters. The van der Waals surface area contributed by atoms with Crippen molar-refractivity contribution in [3.63, 3.8) is 0 Å². The number of hydrogen-bond acceptors (Lipinski definition) is 2. The van der Waals surface area contributed by atoms with Gasteiger partial charge in [-0.2, -0.15) is 5.10 Å². The minimum atomic E-state index is 0.832. The largest absolute Gasteiger partial charge is 0.228 e. The standard InChI is InChI=1S/C42H27N3/c1-4-14-28(15-5-1)38-27-39(29-16-6-2-7-17-29)45-42(43-38)40(41(44-45)30-18-8-3-9-19-30)31-24-25-36-34-22-11-10-20-32(34)33-21-12-13-23-35(33)37(36)26-31/h1-27H. The van der Waals surface area contributed by atoms with Crippen LogP contribution in [-0.2, 0) is 0 Å². The fourth-order valence-electron chi connectivity index (χ4n) is 6.72. The molecule has 9 aromatic rings. The van der Waals surface area contributed by atoms with Gasteiger partial charge in [-0.15, -0.1) is 0 Å². The monoisotopic (exact) mass is 573 g/mol. The number of benzene rings is 7. The summed E-state index contributed by atoms with van der Waals surface area (Å²) >= 11 is 0. The zero-order valence-corrected chi connectivity index (χ0v) is 24.4. The lowest BCUT2D eigenvalue weighted by Gasteiger charge is -2.13. The molecule has 9 rings (SSSR count). The number of aromatic nitrogens is 3. The lowest BCUT2D eigenvalue weighted by atomic mass is 9.91. The Labute approximate surface area is 260 Å². The van der Waals surface area contributed by atoms with Gasteiger partial charge in [0.1, 0.15) is 5.69 Å². The molecule has 210 valence electrons. The second-order valence-electron chi connectivity index (χ2n) is 11.4. The van der Waals surface area contributed by atoms with Crippen LogP contribution in [0.5, 0.6) is 0 Å². The van der Waals surface area contributed by atoms with Crippen molar-refractivity contribution in [2.24, 2.45) is 0 Å². The number of rotatable bonds is 4. The Morgan fingerprint density at radius 2 is 0.867 bits per heavy atom. The van der Waals surface area contributed by atoms with Crippen LogP contribution in [-0.4, -0.2) is 14.6 Å². The van der Waals surface area contributed by atoms with Crippen LogP contribution in [0.1, 0.15) is 0 Å². The predicted octanol–water partition coefficient (Wildman–Crippen LogP) is 10.9. The highest BCUT2D eigenvalue weighted by molar-refractivity contribution is 6.26. The third kappa shape index (κ3) is 4.13. The van der Waals surface area contributed by atoms with Gasteiger partial charge in [0.05, 0.1) is 17.0 Å². The normalized spacial score (nSPS) is 11.6. The summed E-state index contributed by atoms with van der Waals surface area (Å²) in [5.74, 6) is 0. The van der Waals surface area contributed by atoms with Gasteiger partial charge in [-0.3, -0.25) is 0 Å². The maximum absolute atomic E-state index is 5.35. The van der Waals surface area contributed by atoms with Crippen molar-refractivity contribution in [1.82, 2.24) is 14.6 Å². The van der Waals surface area contributed by atoms with E-state index in [0.717, 1.165) is 50.5 Å². The Balaban J connectivity index is 1.42. The summed E-state index contributed by atoms with van der Waals surface area (Å²) in [4.78, 5) is 5.35. The van der Waals surface area contributed by atoms with Crippen molar-refractivity contribution >= 4 is 38.0 Å². The van der Waals surface area contributed by atoms with E-state index in [1.54, 1.807) is 0 Å². The van der Waals surface area contributed by atoms with E-state index in [2.05, 4.69) is 146 Å². The molecule has 2 heterocycles. The van der Waals surface area contributed by atoms with Gasteiger partial charge in [0, 0.05) is 16.7 Å². The first kappa shape index (κ1) is 25.4. The highest BCUT2D eigenvalue weighted by Crippen LogP contribution is 2.41. The Morgan fingerprint density at radius 3 is 1.47 bits per heavy atom. The smallest absolute Gasteiger partial charge is 0.164 e. The van der Waals surface area contributed by atoms with Crippen molar-refractivity contribution in [1.29, 1.82) is 0 Å². The molecule has 0 aliphatic heterocycles. The van der Waals surface area contributed by atoms with Gasteiger partial charge in [-0.05, 0) is 50.0 Å². The molecule has 3 heteroatoms. The van der Waals surface area contributed by atoms with Crippen molar-refractivity contribution in [3.05, 3.63) is 164 Å². The second-order valence-corrected chi connectivity index (χ2v) is 11.4. The molecule has 0 aliphatic rings. The SMILES string of the molecule is c1ccc(-c2cc(-c3ccccc3)n3nc(-c4ccccc4)c(-c4ccc5c6ccccc6c6ccccc6c5c4)c3n2)cc1. The molecule has 0 radical (unpaired) electrons. The molecule has 0 N–H and O–H groups in total. The number of nitrogens with zero attached hydrogens (tertiary/aromatic N) is 3. The summed E-state index contributed by atoms with van der Waals surface area (Å²) in [6.07, 6.45) is 0. The zero-order valence-electron chi connectivity index (χ0n) is 24.4. The van der Waals surface area contributed by atoms with E-state index in [9.17, 15) is 0 Å². The Hall–Kier alpha value is -6.06. The molecule has 7 aromatic carbocycles. The van der Waals surface area contributed by atoms with E-state index < -0.39 is 0 Å². The van der Waals surface area contributed by atoms with Crippen LogP contribution in [0, 0.1) is 0 Å². The lowest BCUT2D eigenvalue weighted by molar-refractivity contribution is 0.953. The third-order valence-electron chi connectivity index (χ3n) is 8.81. The van der Waals surface area contributed by atoms with E-state index in [1.807, 2.05) is 22.7 Å². The summed E-state index contributed by atoms with van der Waals surface area (Å²) in [5, 5.41) is 12.8. The lowest BCUT2D eigenvalue weighted by Crippen LogP contribution is -1.99. The summed E-state index contributed by atoms with van der Waals surface area (Å²) in [7, 11) is 0. The first-order chi connectivity index (χ1) is 22.3. The molecular weight excluding hydrogens is 546 g/mol. The minimum Gasteiger partial charge on any atom is -0.228 e. The van der Waals surface area contributed by atoms with E-state index in [0.29, 0.717) is 0 Å². The molecule has 0 fully saturated rings. The van der Waals surface area contributed by atoms with Gasteiger partial charge in [-0.1, -0.05) is 152 Å². The fourth-order valence-corrected chi connectivity index (χ4v) is 6.72. The highest BCUT2D eigenvalue weighted by atomic mass is 15.3. The Morgan fingerprint density at radius 1 is 0.378 bits per heavy atom. The minimum absolute atomic E-state index is 0.832. The van der Waals surface area contributed by atoms with Gasteiger partial charge in [0.15, 0.2) is 5.65 Å². The molecule has 0 spiro atoms. The second kappa shape index (κ2) is 10.3. The number of hydrogen-bond donors (Lipinski definition) is 0. The van der Waals surface area contributed by atoms with Crippen LogP contribution < -0.4 is 0 Å². The maximum atomic E-state index is 5.35. The van der Waals surface area contributed by atoms with E-state index in [-0.39, 0.29) is 0 Å². The maximum Gasteiger partial charge on any atom is 0.164 e. The number of fused-ring (bicyclic) bond motifs is 7. The van der Waals surface area contributed by atoms with Crippen LogP contribution >= 0.6 is 0 Å². The van der Waals surface area contributed by atoms with Gasteiger partial charge in [0.25, 0.3) is 0 Å². The topological polar surface area (TPSA) is 30.2 Å². The van der Waals surface area contributed by atoms with Gasteiger partial charge < -0.3 is 0 Å². The molecule has 0 bridgehead atoms. The van der Waals surface area contributed by atoms with Crippen LogP contribution in [0.15, 0.2) is 164 Å². The highest BCUT2D eigenvalue weighted by Gasteiger charge is 2.22. The first-order valence-corrected chi connectivity index (χ1v) is 15.3. The first-order valence-electron chi connectivity index (χ1n) is 15.3. The molecule has 0 aliphatic carbocycles. The molecule has 45 heavy (non-hydrogen) atoms. The molecule has 0 amide bonds. The van der Waals surface area contributed by atoms with Crippen molar-refractivity contribution < 1.29 is 0 Å². The average Bonchev–Trinajstić information content (AvgIpc) is 3.52. The van der Waals surface area contributed by atoms with Gasteiger partial charge >= 0.3 is 0 Å². The molecule has 0 saturated heterocycles. The van der Waals surface area contributed by atoms with Gasteiger partial charge in [-0.25, -0.2) is 9.50 Å². The zero-order chi connectivity index (χ0) is 29.7. The molecule has 2 aromatic heterocycles. The Kier molecular flexibility index (Phi) is 5.82. The van der Waals surface area contributed by atoms with E-state index in [1.165, 1.54) is 32.3 Å². The van der Waals surface area contributed by atoms with Crippen molar-refractivity contribution in [2.75, 3.05) is 0 Å². The van der Waals surface area contributed by atoms with Crippen LogP contribution in [0.3, 0.4) is 0 Å². The summed E-state index contributed by atoms with van der Waals surface area (Å²) in [6.45, 7) is 0. The van der Waals surface area contributed by atoms with Crippen molar-refractivity contribution in [2.45, 2.75) is 0 Å². The fraction of sp³-hybridized carbons (Fsp3) is 0. The quantitative estimate of drug-likeness (QED) is 0.196.